The summed E-state index contributed by atoms with van der Waals surface area (Å²) < 4.78 is 6.74. The fraction of sp³-hybridized carbons (Fsp3) is 0.108. The highest BCUT2D eigenvalue weighted by Gasteiger charge is 2.51. The number of anilines is 3. The Bertz CT molecular complexity index is 3370. The van der Waals surface area contributed by atoms with Gasteiger partial charge in [-0.3, -0.25) is 0 Å². The molecule has 320 valence electrons. The third-order valence-electron chi connectivity index (χ3n) is 15.9. The lowest BCUT2D eigenvalue weighted by atomic mass is 9.65. The van der Waals surface area contributed by atoms with Crippen molar-refractivity contribution in [2.45, 2.75) is 43.9 Å². The van der Waals surface area contributed by atoms with Crippen LogP contribution in [0.25, 0.3) is 27.8 Å². The van der Waals surface area contributed by atoms with E-state index in [4.69, 9.17) is 4.74 Å². The van der Waals surface area contributed by atoms with Crippen molar-refractivity contribution in [1.29, 1.82) is 0 Å². The topological polar surface area (TPSA) is 12.5 Å². The van der Waals surface area contributed by atoms with E-state index in [9.17, 15) is 0 Å². The second-order valence-corrected chi connectivity index (χ2v) is 19.0. The number of para-hydroxylation sites is 2. The Morgan fingerprint density at radius 3 is 1.25 bits per heavy atom. The first kappa shape index (κ1) is 39.4. The van der Waals surface area contributed by atoms with Gasteiger partial charge < -0.3 is 9.64 Å². The average molecular weight is 860 g/mol. The van der Waals surface area contributed by atoms with Crippen LogP contribution in [0.3, 0.4) is 0 Å². The number of hydrogen-bond donors (Lipinski definition) is 0. The summed E-state index contributed by atoms with van der Waals surface area (Å²) in [6, 6.07) is 79.0. The minimum absolute atomic E-state index is 0.361. The summed E-state index contributed by atoms with van der Waals surface area (Å²) in [5.74, 6) is 1.79. The number of benzene rings is 9. The molecule has 0 aromatic heterocycles. The third kappa shape index (κ3) is 5.27. The summed E-state index contributed by atoms with van der Waals surface area (Å²) >= 11 is 0. The van der Waals surface area contributed by atoms with E-state index in [2.05, 4.69) is 257 Å². The number of nitrogens with zero attached hydrogens (tertiary/aromatic N) is 1. The van der Waals surface area contributed by atoms with Crippen molar-refractivity contribution in [3.8, 4) is 33.8 Å². The average Bonchev–Trinajstić information content (AvgIpc) is 3.90. The van der Waals surface area contributed by atoms with E-state index in [-0.39, 0.29) is 10.8 Å². The third-order valence-corrected chi connectivity index (χ3v) is 15.9. The van der Waals surface area contributed by atoms with Gasteiger partial charge in [-0.1, -0.05) is 176 Å². The second kappa shape index (κ2) is 14.5. The summed E-state index contributed by atoms with van der Waals surface area (Å²) in [5.41, 5.74) is 22.4. The molecule has 1 heterocycles. The minimum atomic E-state index is -0.575. The molecule has 2 heteroatoms. The van der Waals surface area contributed by atoms with Gasteiger partial charge in [0.1, 0.15) is 11.5 Å². The van der Waals surface area contributed by atoms with Crippen molar-refractivity contribution in [3.05, 3.63) is 286 Å². The van der Waals surface area contributed by atoms with Gasteiger partial charge in [0.2, 0.25) is 0 Å². The quantitative estimate of drug-likeness (QED) is 0.165. The Labute approximate surface area is 393 Å². The molecular formula is C65H49NO. The fourth-order valence-corrected chi connectivity index (χ4v) is 12.7. The number of ether oxygens (including phenoxy) is 1. The molecule has 4 aliphatic rings. The summed E-state index contributed by atoms with van der Waals surface area (Å²) in [6.45, 7) is 9.28. The highest BCUT2D eigenvalue weighted by Crippen LogP contribution is 2.62. The molecule has 0 bridgehead atoms. The highest BCUT2D eigenvalue weighted by atomic mass is 16.5. The zero-order chi connectivity index (χ0) is 45.1. The monoisotopic (exact) mass is 859 g/mol. The predicted octanol–water partition coefficient (Wildman–Crippen LogP) is 16.6. The largest absolute Gasteiger partial charge is 0.457 e. The van der Waals surface area contributed by atoms with Gasteiger partial charge in [-0.2, -0.15) is 0 Å². The first-order valence-corrected chi connectivity index (χ1v) is 23.6. The van der Waals surface area contributed by atoms with Gasteiger partial charge in [-0.25, -0.2) is 0 Å². The van der Waals surface area contributed by atoms with Crippen LogP contribution in [-0.4, -0.2) is 0 Å². The van der Waals surface area contributed by atoms with Gasteiger partial charge in [0.05, 0.1) is 5.41 Å². The van der Waals surface area contributed by atoms with Crippen LogP contribution in [0.4, 0.5) is 17.1 Å². The van der Waals surface area contributed by atoms with E-state index in [1.807, 2.05) is 0 Å². The Kier molecular flexibility index (Phi) is 8.55. The van der Waals surface area contributed by atoms with Crippen LogP contribution >= 0.6 is 0 Å². The molecule has 0 radical (unpaired) electrons. The number of hydrogen-bond acceptors (Lipinski definition) is 2. The summed E-state index contributed by atoms with van der Waals surface area (Å²) in [5, 5.41) is 0. The van der Waals surface area contributed by atoms with E-state index in [0.29, 0.717) is 0 Å². The van der Waals surface area contributed by atoms with Gasteiger partial charge in [0.25, 0.3) is 0 Å². The lowest BCUT2D eigenvalue weighted by Crippen LogP contribution is -2.32. The maximum atomic E-state index is 6.74. The van der Waals surface area contributed by atoms with Crippen LogP contribution in [0.1, 0.15) is 83.3 Å². The van der Waals surface area contributed by atoms with E-state index in [1.165, 1.54) is 89.0 Å². The number of fused-ring (bicyclic) bond motifs is 12. The molecule has 13 rings (SSSR count). The van der Waals surface area contributed by atoms with Crippen molar-refractivity contribution < 1.29 is 4.74 Å². The minimum Gasteiger partial charge on any atom is -0.457 e. The number of rotatable bonds is 6. The van der Waals surface area contributed by atoms with Crippen molar-refractivity contribution in [2.75, 3.05) is 4.90 Å². The molecule has 0 saturated heterocycles. The molecule has 2 nitrogen and oxygen atoms in total. The zero-order valence-electron chi connectivity index (χ0n) is 38.2. The van der Waals surface area contributed by atoms with Gasteiger partial charge in [-0.05, 0) is 154 Å². The number of allylic oxidation sites excluding steroid dienone is 4. The maximum absolute atomic E-state index is 6.74. The molecule has 1 spiro atoms. The van der Waals surface area contributed by atoms with Crippen LogP contribution in [0, 0.1) is 0 Å². The molecule has 67 heavy (non-hydrogen) atoms. The van der Waals surface area contributed by atoms with Crippen molar-refractivity contribution in [3.63, 3.8) is 0 Å². The highest BCUT2D eigenvalue weighted by molar-refractivity contribution is 5.95. The molecule has 9 aromatic rings. The van der Waals surface area contributed by atoms with Crippen molar-refractivity contribution in [2.24, 2.45) is 0 Å². The van der Waals surface area contributed by atoms with Crippen molar-refractivity contribution in [1.82, 2.24) is 0 Å². The van der Waals surface area contributed by atoms with Crippen molar-refractivity contribution >= 4 is 22.6 Å². The first-order valence-electron chi connectivity index (χ1n) is 23.6. The van der Waals surface area contributed by atoms with Crippen LogP contribution in [0.15, 0.2) is 230 Å². The normalized spacial score (nSPS) is 18.7. The molecule has 0 amide bonds. The summed E-state index contributed by atoms with van der Waals surface area (Å²) in [6.07, 6.45) is 4.48. The van der Waals surface area contributed by atoms with Crippen LogP contribution in [-0.2, 0) is 16.2 Å². The molecule has 0 N–H and O–H groups in total. The van der Waals surface area contributed by atoms with E-state index < -0.39 is 5.41 Å². The van der Waals surface area contributed by atoms with Crippen LogP contribution in [0.2, 0.25) is 0 Å². The molecule has 0 fully saturated rings. The Hall–Kier alpha value is -7.94. The van der Waals surface area contributed by atoms with Gasteiger partial charge in [0.15, 0.2) is 0 Å². The molecular weight excluding hydrogens is 811 g/mol. The second-order valence-electron chi connectivity index (χ2n) is 19.0. The molecule has 9 aromatic carbocycles. The SMILES string of the molecule is CC=CC1=C(C)C2(c3ccccc3Oc3ccccc32)c2cc(N(c3ccc4c(c3)C(C)(c3ccccc3)c3ccccc3-4)c3ccc4c(c3)C(C)(c3ccccc3)c3ccccc3-4)ccc21. The van der Waals surface area contributed by atoms with Gasteiger partial charge >= 0.3 is 0 Å². The van der Waals surface area contributed by atoms with E-state index >= 15 is 0 Å². The van der Waals surface area contributed by atoms with E-state index in [0.717, 1.165) is 28.6 Å². The van der Waals surface area contributed by atoms with Crippen LogP contribution in [0.5, 0.6) is 11.5 Å². The Balaban J connectivity index is 1.09. The lowest BCUT2D eigenvalue weighted by molar-refractivity contribution is 0.434. The molecule has 2 atom stereocenters. The summed E-state index contributed by atoms with van der Waals surface area (Å²) in [7, 11) is 0. The van der Waals surface area contributed by atoms with Gasteiger partial charge in [-0.15, -0.1) is 0 Å². The molecule has 0 saturated carbocycles. The first-order chi connectivity index (χ1) is 32.9. The molecule has 2 unspecified atom stereocenters. The maximum Gasteiger partial charge on any atom is 0.132 e. The van der Waals surface area contributed by atoms with Gasteiger partial charge in [0, 0.05) is 39.0 Å². The predicted molar refractivity (Wildman–Crippen MR) is 276 cm³/mol. The smallest absolute Gasteiger partial charge is 0.132 e. The van der Waals surface area contributed by atoms with E-state index in [1.54, 1.807) is 0 Å². The Morgan fingerprint density at radius 1 is 0.388 bits per heavy atom. The Morgan fingerprint density at radius 2 is 0.776 bits per heavy atom. The molecule has 1 aliphatic heterocycles. The fourth-order valence-electron chi connectivity index (χ4n) is 12.7. The standard InChI is InChI=1S/C65H49NO/c1-5-20-48-42(2)65(56-29-16-18-31-61(56)67-62-32-19-17-30-57(62)65)60-41-47(33-36-51(48)60)66(45-34-37-52-49-25-12-14-27-54(49)63(3,58(52)39-45)43-21-8-6-9-22-43)46-35-38-53-50-26-13-15-28-55(50)64(4,59(53)40-46)44-23-10-7-11-24-44/h5-41H,1-4H3. The zero-order valence-corrected chi connectivity index (χ0v) is 38.2. The van der Waals surface area contributed by atoms with Crippen LogP contribution < -0.4 is 9.64 Å². The lowest BCUT2D eigenvalue weighted by Gasteiger charge is -2.40. The molecule has 3 aliphatic carbocycles. The summed E-state index contributed by atoms with van der Waals surface area (Å²) in [4.78, 5) is 2.53.